The molecule has 0 fully saturated rings. The summed E-state index contributed by atoms with van der Waals surface area (Å²) < 4.78 is 0.707. The number of nitrogens with one attached hydrogen (secondary N) is 1. The van der Waals surface area contributed by atoms with Crippen LogP contribution in [0.4, 0.5) is 0 Å². The molecular formula is C15H16ClNOS. The molecule has 1 heterocycles. The Balaban J connectivity index is 1.71. The van der Waals surface area contributed by atoms with Gasteiger partial charge in [0.2, 0.25) is 0 Å². The van der Waals surface area contributed by atoms with Crippen molar-refractivity contribution in [1.29, 1.82) is 0 Å². The first-order valence-corrected chi connectivity index (χ1v) is 7.31. The molecule has 0 aliphatic heterocycles. The fourth-order valence-electron chi connectivity index (χ4n) is 1.67. The zero-order chi connectivity index (χ0) is 13.5. The summed E-state index contributed by atoms with van der Waals surface area (Å²) in [5.74, 6) is 0. The molecule has 1 aromatic carbocycles. The van der Waals surface area contributed by atoms with E-state index in [4.69, 9.17) is 11.6 Å². The Morgan fingerprint density at radius 2 is 2.00 bits per heavy atom. The molecule has 2 N–H and O–H groups in total. The van der Waals surface area contributed by atoms with Gasteiger partial charge in [-0.05, 0) is 17.7 Å². The predicted molar refractivity (Wildman–Crippen MR) is 82.6 cm³/mol. The highest BCUT2D eigenvalue weighted by Gasteiger charge is 2.08. The third-order valence-corrected chi connectivity index (χ3v) is 3.96. The van der Waals surface area contributed by atoms with Gasteiger partial charge in [-0.3, -0.25) is 0 Å². The lowest BCUT2D eigenvalue weighted by atomic mass is 10.2. The van der Waals surface area contributed by atoms with Crippen LogP contribution in [0.2, 0.25) is 4.34 Å². The number of hydrogen-bond acceptors (Lipinski definition) is 3. The monoisotopic (exact) mass is 293 g/mol. The highest BCUT2D eigenvalue weighted by molar-refractivity contribution is 7.16. The maximum absolute atomic E-state index is 9.92. The predicted octanol–water partition coefficient (Wildman–Crippen LogP) is 3.74. The summed E-state index contributed by atoms with van der Waals surface area (Å²) in [6.07, 6.45) is 3.60. The number of rotatable bonds is 6. The number of aliphatic hydroxyl groups is 1. The molecule has 0 aliphatic carbocycles. The van der Waals surface area contributed by atoms with Crippen LogP contribution in [0.15, 0.2) is 48.5 Å². The smallest absolute Gasteiger partial charge is 0.101 e. The first-order valence-electron chi connectivity index (χ1n) is 6.11. The van der Waals surface area contributed by atoms with Crippen LogP contribution in [0.5, 0.6) is 0 Å². The molecule has 2 rings (SSSR count). The topological polar surface area (TPSA) is 32.3 Å². The van der Waals surface area contributed by atoms with E-state index in [1.54, 1.807) is 6.07 Å². The van der Waals surface area contributed by atoms with Crippen molar-refractivity contribution in [2.24, 2.45) is 0 Å². The van der Waals surface area contributed by atoms with Crippen LogP contribution in [0, 0.1) is 0 Å². The van der Waals surface area contributed by atoms with E-state index in [-0.39, 0.29) is 0 Å². The van der Waals surface area contributed by atoms with Gasteiger partial charge in [-0.2, -0.15) is 0 Å². The second-order valence-electron chi connectivity index (χ2n) is 4.13. The minimum Gasteiger partial charge on any atom is -0.386 e. The van der Waals surface area contributed by atoms with Gasteiger partial charge in [-0.25, -0.2) is 0 Å². The van der Waals surface area contributed by atoms with Crippen LogP contribution < -0.4 is 5.32 Å². The molecule has 2 aromatic rings. The summed E-state index contributed by atoms with van der Waals surface area (Å²) in [7, 11) is 0. The van der Waals surface area contributed by atoms with E-state index < -0.39 is 6.10 Å². The van der Waals surface area contributed by atoms with Crippen molar-refractivity contribution in [3.8, 4) is 0 Å². The molecule has 0 radical (unpaired) electrons. The molecule has 2 nitrogen and oxygen atoms in total. The van der Waals surface area contributed by atoms with E-state index in [1.165, 1.54) is 16.9 Å². The maximum atomic E-state index is 9.92. The molecule has 19 heavy (non-hydrogen) atoms. The third kappa shape index (κ3) is 4.80. The van der Waals surface area contributed by atoms with Crippen LogP contribution in [-0.4, -0.2) is 18.2 Å². The van der Waals surface area contributed by atoms with Crippen LogP contribution in [-0.2, 0) is 0 Å². The lowest BCUT2D eigenvalue weighted by molar-refractivity contribution is 0.180. The molecular weight excluding hydrogens is 278 g/mol. The molecule has 1 unspecified atom stereocenters. The van der Waals surface area contributed by atoms with E-state index >= 15 is 0 Å². The Kier molecular flexibility index (Phi) is 5.61. The first kappa shape index (κ1) is 14.3. The second kappa shape index (κ2) is 7.46. The zero-order valence-corrected chi connectivity index (χ0v) is 12.0. The van der Waals surface area contributed by atoms with Gasteiger partial charge >= 0.3 is 0 Å². The minimum absolute atomic E-state index is 0.498. The summed E-state index contributed by atoms with van der Waals surface area (Å²) in [6, 6.07) is 13.8. The minimum atomic E-state index is -0.498. The van der Waals surface area contributed by atoms with E-state index in [2.05, 4.69) is 23.5 Å². The standard InChI is InChI=1S/C15H16ClNOS/c16-15-9-8-14(19-15)13(18)11-17-10-4-7-12-5-2-1-3-6-12/h1-9,13,17-18H,10-11H2. The summed E-state index contributed by atoms with van der Waals surface area (Å²) in [4.78, 5) is 0.893. The highest BCUT2D eigenvalue weighted by atomic mass is 35.5. The van der Waals surface area contributed by atoms with Crippen molar-refractivity contribution in [1.82, 2.24) is 5.32 Å². The number of benzene rings is 1. The van der Waals surface area contributed by atoms with E-state index in [9.17, 15) is 5.11 Å². The van der Waals surface area contributed by atoms with Gasteiger partial charge in [0.15, 0.2) is 0 Å². The molecule has 0 spiro atoms. The Bertz CT molecular complexity index is 524. The van der Waals surface area contributed by atoms with Crippen LogP contribution in [0.1, 0.15) is 16.5 Å². The summed E-state index contributed by atoms with van der Waals surface area (Å²) in [5, 5.41) is 13.1. The maximum Gasteiger partial charge on any atom is 0.101 e. The lowest BCUT2D eigenvalue weighted by Gasteiger charge is -2.08. The Morgan fingerprint density at radius 1 is 1.21 bits per heavy atom. The van der Waals surface area contributed by atoms with Crippen molar-refractivity contribution < 1.29 is 5.11 Å². The summed E-state index contributed by atoms with van der Waals surface area (Å²) >= 11 is 7.25. The van der Waals surface area contributed by atoms with Gasteiger partial charge in [0.1, 0.15) is 6.10 Å². The van der Waals surface area contributed by atoms with Crippen molar-refractivity contribution in [3.63, 3.8) is 0 Å². The van der Waals surface area contributed by atoms with Gasteiger partial charge in [0.05, 0.1) is 4.34 Å². The third-order valence-electron chi connectivity index (χ3n) is 2.63. The van der Waals surface area contributed by atoms with Crippen LogP contribution >= 0.6 is 22.9 Å². The van der Waals surface area contributed by atoms with E-state index in [1.807, 2.05) is 30.3 Å². The molecule has 4 heteroatoms. The quantitative estimate of drug-likeness (QED) is 0.795. The average Bonchev–Trinajstić information content (AvgIpc) is 2.86. The fourth-order valence-corrected chi connectivity index (χ4v) is 2.72. The van der Waals surface area contributed by atoms with E-state index in [0.29, 0.717) is 10.9 Å². The van der Waals surface area contributed by atoms with E-state index in [0.717, 1.165) is 11.4 Å². The first-order chi connectivity index (χ1) is 9.25. The van der Waals surface area contributed by atoms with Gasteiger partial charge < -0.3 is 10.4 Å². The van der Waals surface area contributed by atoms with Crippen LogP contribution in [0.25, 0.3) is 6.08 Å². The molecule has 0 aliphatic rings. The molecule has 0 saturated heterocycles. The lowest BCUT2D eigenvalue weighted by Crippen LogP contribution is -2.20. The van der Waals surface area contributed by atoms with Gasteiger partial charge in [0, 0.05) is 18.0 Å². The van der Waals surface area contributed by atoms with Crippen molar-refractivity contribution in [2.45, 2.75) is 6.10 Å². The van der Waals surface area contributed by atoms with Crippen LogP contribution in [0.3, 0.4) is 0 Å². The number of aliphatic hydroxyl groups excluding tert-OH is 1. The average molecular weight is 294 g/mol. The number of thiophene rings is 1. The zero-order valence-electron chi connectivity index (χ0n) is 10.4. The van der Waals surface area contributed by atoms with Gasteiger partial charge in [0.25, 0.3) is 0 Å². The van der Waals surface area contributed by atoms with Gasteiger partial charge in [-0.1, -0.05) is 54.1 Å². The summed E-state index contributed by atoms with van der Waals surface area (Å²) in [5.41, 5.74) is 1.18. The normalized spacial score (nSPS) is 12.9. The Hall–Kier alpha value is -1.13. The molecule has 100 valence electrons. The fraction of sp³-hybridized carbons (Fsp3) is 0.200. The SMILES string of the molecule is OC(CNCC=Cc1ccccc1)c1ccc(Cl)s1. The number of hydrogen-bond donors (Lipinski definition) is 2. The van der Waals surface area contributed by atoms with Crippen molar-refractivity contribution in [3.05, 3.63) is 63.3 Å². The van der Waals surface area contributed by atoms with Gasteiger partial charge in [-0.15, -0.1) is 11.3 Å². The number of halogens is 1. The summed E-state index contributed by atoms with van der Waals surface area (Å²) in [6.45, 7) is 1.25. The molecule has 0 amide bonds. The molecule has 0 saturated carbocycles. The Morgan fingerprint density at radius 3 is 2.68 bits per heavy atom. The van der Waals surface area contributed by atoms with Crippen molar-refractivity contribution in [2.75, 3.05) is 13.1 Å². The largest absolute Gasteiger partial charge is 0.386 e. The second-order valence-corrected chi connectivity index (χ2v) is 5.88. The molecule has 0 bridgehead atoms. The molecule has 1 aromatic heterocycles. The Labute approximate surface area is 122 Å². The molecule has 1 atom stereocenters. The highest BCUT2D eigenvalue weighted by Crippen LogP contribution is 2.26. The van der Waals surface area contributed by atoms with Crippen molar-refractivity contribution >= 4 is 29.0 Å².